The topological polar surface area (TPSA) is 72.5 Å². The molecule has 0 heterocycles. The Morgan fingerprint density at radius 2 is 1.18 bits per heavy atom. The van der Waals surface area contributed by atoms with Gasteiger partial charge < -0.3 is 29.8 Å². The summed E-state index contributed by atoms with van der Waals surface area (Å²) in [6.07, 6.45) is -1.56. The first-order chi connectivity index (χ1) is 18.3. The Bertz CT molecular complexity index is 1050. The monoisotopic (exact) mass is 570 g/mol. The second-order valence-electron chi connectivity index (χ2n) is 10.4. The van der Waals surface area contributed by atoms with Gasteiger partial charge in [0, 0.05) is 37.5 Å². The third-order valence-electron chi connectivity index (χ3n) is 6.00. The Morgan fingerprint density at radius 3 is 1.55 bits per heavy atom. The molecule has 0 aliphatic rings. The molecule has 0 saturated carbocycles. The zero-order valence-electron chi connectivity index (χ0n) is 27.5. The quantitative estimate of drug-likeness (QED) is 0.181. The molecular weight excluding hydrogens is 522 g/mol. The van der Waals surface area contributed by atoms with E-state index >= 15 is 0 Å². The zero-order valence-corrected chi connectivity index (χ0v) is 27.5. The van der Waals surface area contributed by atoms with E-state index < -0.39 is 18.9 Å². The Labute approximate surface area is 256 Å². The van der Waals surface area contributed by atoms with Gasteiger partial charge in [0.1, 0.15) is 17.2 Å². The van der Waals surface area contributed by atoms with Crippen LogP contribution >= 0.6 is 8.58 Å². The van der Waals surface area contributed by atoms with Crippen molar-refractivity contribution in [3.8, 4) is 17.2 Å². The number of carbonyl (C=O) groups is 1. The molecule has 4 unspecified atom stereocenters. The summed E-state index contributed by atoms with van der Waals surface area (Å²) in [5.74, 6) is 1.42. The van der Waals surface area contributed by atoms with E-state index in [1.54, 1.807) is 12.1 Å². The van der Waals surface area contributed by atoms with Crippen molar-refractivity contribution in [2.75, 3.05) is 19.8 Å². The minimum absolute atomic E-state index is 0. The molecule has 40 heavy (non-hydrogen) atoms. The van der Waals surface area contributed by atoms with Gasteiger partial charge in [-0.3, -0.25) is 4.79 Å². The van der Waals surface area contributed by atoms with Crippen LogP contribution in [0.1, 0.15) is 90.8 Å². The molecule has 0 saturated heterocycles. The summed E-state index contributed by atoms with van der Waals surface area (Å²) in [7, 11) is -0.261. The summed E-state index contributed by atoms with van der Waals surface area (Å²) in [5.41, 5.74) is 3.83. The van der Waals surface area contributed by atoms with Gasteiger partial charge in [0.15, 0.2) is 24.4 Å². The van der Waals surface area contributed by atoms with Gasteiger partial charge in [0.05, 0.1) is 5.30 Å². The molecule has 2 aromatic rings. The first-order valence-corrected chi connectivity index (χ1v) is 14.8. The number of rotatable bonds is 15. The molecule has 0 fully saturated rings. The fraction of sp³-hybridized carbons (Fsp3) is 0.581. The van der Waals surface area contributed by atoms with Crippen LogP contribution in [0.15, 0.2) is 24.3 Å². The van der Waals surface area contributed by atoms with Gasteiger partial charge in [-0.1, -0.05) is 32.9 Å². The fourth-order valence-electron chi connectivity index (χ4n) is 4.23. The van der Waals surface area contributed by atoms with Crippen molar-refractivity contribution in [2.45, 2.75) is 100 Å². The molecule has 2 aromatic carbocycles. The summed E-state index contributed by atoms with van der Waals surface area (Å²) < 4.78 is 35.3. The average Bonchev–Trinajstić information content (AvgIpc) is 2.80. The molecule has 0 radical (unpaired) electrons. The molecule has 0 aliphatic heterocycles. The van der Waals surface area contributed by atoms with E-state index in [-0.39, 0.29) is 39.8 Å². The molecule has 0 N–H and O–H groups in total. The Balaban J connectivity index is 0.00000800. The van der Waals surface area contributed by atoms with Crippen molar-refractivity contribution in [1.82, 2.24) is 0 Å². The van der Waals surface area contributed by atoms with Crippen molar-refractivity contribution in [3.63, 3.8) is 0 Å². The molecule has 0 aromatic heterocycles. The first-order valence-electron chi connectivity index (χ1n) is 13.8. The third-order valence-corrected chi connectivity index (χ3v) is 7.22. The number of hydrogen-bond donors (Lipinski definition) is 0. The third kappa shape index (κ3) is 10.7. The number of benzene rings is 2. The molecule has 0 amide bonds. The second kappa shape index (κ2) is 16.8. The first kappa shape index (κ1) is 36.4. The molecule has 220 valence electrons. The standard InChI is InChI=1S/C31H47O7P.Li.H/c1-12-33-21(6)36-25-17-26(37-22(7)34-13-2)29(27(18-25)38-23(8)35-14-3)39-30(32)28-19(4)15-24(16-20(28)5)31(9,10)11;;/h15-18,21-23,39H,12-14H2,1-11H3;;/q;+1;-1. The van der Waals surface area contributed by atoms with Gasteiger partial charge in [-0.05, 0) is 86.1 Å². The predicted molar refractivity (Wildman–Crippen MR) is 160 cm³/mol. The van der Waals surface area contributed by atoms with E-state index in [9.17, 15) is 4.79 Å². The minimum atomic E-state index is -0.542. The molecule has 0 spiro atoms. The van der Waals surface area contributed by atoms with E-state index in [1.165, 1.54) is 5.56 Å². The number of ether oxygens (including phenoxy) is 6. The van der Waals surface area contributed by atoms with Gasteiger partial charge in [0.25, 0.3) is 0 Å². The van der Waals surface area contributed by atoms with Crippen molar-refractivity contribution < 1.29 is 53.5 Å². The van der Waals surface area contributed by atoms with Gasteiger partial charge >= 0.3 is 18.9 Å². The second-order valence-corrected chi connectivity index (χ2v) is 11.6. The van der Waals surface area contributed by atoms with Crippen LogP contribution in [0.4, 0.5) is 0 Å². The van der Waals surface area contributed by atoms with Crippen LogP contribution in [0.5, 0.6) is 17.2 Å². The molecular formula is C31H48LiO7P. The fourth-order valence-corrected chi connectivity index (χ4v) is 5.48. The van der Waals surface area contributed by atoms with Crippen molar-refractivity contribution >= 4 is 19.4 Å². The van der Waals surface area contributed by atoms with Crippen molar-refractivity contribution in [1.29, 1.82) is 0 Å². The van der Waals surface area contributed by atoms with Crippen LogP contribution in [-0.4, -0.2) is 44.2 Å². The number of aryl methyl sites for hydroxylation is 2. The molecule has 9 heteroatoms. The summed E-state index contributed by atoms with van der Waals surface area (Å²) in [5, 5.41) is 0.633. The summed E-state index contributed by atoms with van der Waals surface area (Å²) in [6, 6.07) is 7.75. The molecule has 2 rings (SSSR count). The van der Waals surface area contributed by atoms with E-state index in [1.807, 2.05) is 55.4 Å². The van der Waals surface area contributed by atoms with Crippen molar-refractivity contribution in [3.05, 3.63) is 46.5 Å². The summed E-state index contributed by atoms with van der Waals surface area (Å²) in [4.78, 5) is 13.9. The van der Waals surface area contributed by atoms with Gasteiger partial charge in [0.2, 0.25) is 0 Å². The van der Waals surface area contributed by atoms with Crippen LogP contribution in [0, 0.1) is 13.8 Å². The Morgan fingerprint density at radius 1 is 0.775 bits per heavy atom. The van der Waals surface area contributed by atoms with E-state index in [0.717, 1.165) is 16.7 Å². The smallest absolute Gasteiger partial charge is 1.00 e. The molecule has 0 aliphatic carbocycles. The Kier molecular flexibility index (Phi) is 15.3. The predicted octanol–water partition coefficient (Wildman–Crippen LogP) is 4.15. The van der Waals surface area contributed by atoms with Crippen LogP contribution < -0.4 is 38.4 Å². The maximum atomic E-state index is 13.9. The minimum Gasteiger partial charge on any atom is -1.00 e. The summed E-state index contributed by atoms with van der Waals surface area (Å²) >= 11 is 0. The van der Waals surface area contributed by atoms with Crippen LogP contribution in [0.2, 0.25) is 0 Å². The average molecular weight is 571 g/mol. The van der Waals surface area contributed by atoms with Gasteiger partial charge in [-0.25, -0.2) is 0 Å². The van der Waals surface area contributed by atoms with E-state index in [2.05, 4.69) is 32.9 Å². The SMILES string of the molecule is CCOC(C)Oc1cc(OC(C)OCC)c(PC(=O)c2c(C)cc(C(C)(C)C)cc2C)c(OC(C)OCC)c1.[H-].[Li+]. The molecule has 7 nitrogen and oxygen atoms in total. The maximum Gasteiger partial charge on any atom is 1.00 e. The summed E-state index contributed by atoms with van der Waals surface area (Å²) in [6.45, 7) is 23.2. The normalized spacial score (nSPS) is 14.0. The zero-order chi connectivity index (χ0) is 29.3. The van der Waals surface area contributed by atoms with E-state index in [0.29, 0.717) is 42.4 Å². The maximum absolute atomic E-state index is 13.9. The van der Waals surface area contributed by atoms with Gasteiger partial charge in [-0.15, -0.1) is 0 Å². The van der Waals surface area contributed by atoms with Crippen molar-refractivity contribution in [2.24, 2.45) is 0 Å². The van der Waals surface area contributed by atoms with Crippen LogP contribution in [-0.2, 0) is 19.6 Å². The van der Waals surface area contributed by atoms with E-state index in [4.69, 9.17) is 28.4 Å². The number of hydrogen-bond acceptors (Lipinski definition) is 7. The Hall–Kier alpha value is -1.58. The van der Waals surface area contributed by atoms with Gasteiger partial charge in [-0.2, -0.15) is 0 Å². The van der Waals surface area contributed by atoms with Crippen LogP contribution in [0.3, 0.4) is 0 Å². The number of carbonyl (C=O) groups excluding carboxylic acids is 1. The largest absolute Gasteiger partial charge is 1.00 e. The van der Waals surface area contributed by atoms with Crippen LogP contribution in [0.25, 0.3) is 0 Å². The molecule has 4 atom stereocenters. The molecule has 0 bridgehead atoms.